The molecule has 0 unspecified atom stereocenters. The SMILES string of the molecule is CNC(=O)NC(=O)[C@@H](C)Sc1nnc(COc2ccccc2Cl)n1C. The van der Waals surface area contributed by atoms with E-state index in [1.165, 1.54) is 18.8 Å². The molecule has 0 spiro atoms. The zero-order valence-electron chi connectivity index (χ0n) is 13.9. The monoisotopic (exact) mass is 383 g/mol. The van der Waals surface area contributed by atoms with Gasteiger partial charge in [-0.15, -0.1) is 10.2 Å². The zero-order chi connectivity index (χ0) is 18.4. The molecule has 2 N–H and O–H groups in total. The first-order valence-electron chi connectivity index (χ1n) is 7.37. The Morgan fingerprint density at radius 3 is 2.76 bits per heavy atom. The van der Waals surface area contributed by atoms with Gasteiger partial charge in [-0.25, -0.2) is 4.79 Å². The largest absolute Gasteiger partial charge is 0.484 e. The molecule has 1 heterocycles. The van der Waals surface area contributed by atoms with Crippen molar-refractivity contribution in [3.05, 3.63) is 35.1 Å². The molecule has 8 nitrogen and oxygen atoms in total. The van der Waals surface area contributed by atoms with Gasteiger partial charge in [0.2, 0.25) is 5.91 Å². The highest BCUT2D eigenvalue weighted by atomic mass is 35.5. The number of ether oxygens (including phenoxy) is 1. The minimum atomic E-state index is -0.552. The fourth-order valence-corrected chi connectivity index (χ4v) is 2.79. The molecule has 1 atom stereocenters. The predicted octanol–water partition coefficient (Wildman–Crippen LogP) is 1.98. The summed E-state index contributed by atoms with van der Waals surface area (Å²) in [6.45, 7) is 1.87. The minimum Gasteiger partial charge on any atom is -0.484 e. The summed E-state index contributed by atoms with van der Waals surface area (Å²) in [4.78, 5) is 23.1. The van der Waals surface area contributed by atoms with Gasteiger partial charge in [-0.05, 0) is 19.1 Å². The second-order valence-corrected chi connectivity index (χ2v) is 6.72. The molecule has 0 saturated heterocycles. The van der Waals surface area contributed by atoms with Gasteiger partial charge >= 0.3 is 6.03 Å². The Labute approximate surface area is 154 Å². The van der Waals surface area contributed by atoms with Crippen LogP contribution < -0.4 is 15.4 Å². The van der Waals surface area contributed by atoms with Crippen LogP contribution in [-0.2, 0) is 18.4 Å². The summed E-state index contributed by atoms with van der Waals surface area (Å²) in [5.74, 6) is 0.724. The fraction of sp³-hybridized carbons (Fsp3) is 0.333. The van der Waals surface area contributed by atoms with E-state index >= 15 is 0 Å². The number of thioether (sulfide) groups is 1. The molecule has 25 heavy (non-hydrogen) atoms. The van der Waals surface area contributed by atoms with Gasteiger partial charge in [-0.1, -0.05) is 35.5 Å². The summed E-state index contributed by atoms with van der Waals surface area (Å²) in [7, 11) is 3.21. The number of nitrogens with zero attached hydrogens (tertiary/aromatic N) is 3. The van der Waals surface area contributed by atoms with E-state index in [-0.39, 0.29) is 6.61 Å². The fourth-order valence-electron chi connectivity index (χ4n) is 1.77. The molecule has 0 radical (unpaired) electrons. The number of nitrogens with one attached hydrogen (secondary N) is 2. The minimum absolute atomic E-state index is 0.187. The Morgan fingerprint density at radius 2 is 2.08 bits per heavy atom. The molecule has 0 aliphatic rings. The lowest BCUT2D eigenvalue weighted by atomic mass is 10.3. The maximum Gasteiger partial charge on any atom is 0.321 e. The van der Waals surface area contributed by atoms with E-state index in [2.05, 4.69) is 20.8 Å². The lowest BCUT2D eigenvalue weighted by molar-refractivity contribution is -0.119. The topological polar surface area (TPSA) is 98.1 Å². The first-order chi connectivity index (χ1) is 11.9. The standard InChI is InChI=1S/C15H18ClN5O3S/c1-9(13(22)18-14(23)17-2)25-15-20-19-12(21(15)3)8-24-11-7-5-4-6-10(11)16/h4-7,9H,8H2,1-3H3,(H2,17,18,22,23)/t9-/m1/s1. The van der Waals surface area contributed by atoms with Crippen molar-refractivity contribution in [2.75, 3.05) is 7.05 Å². The van der Waals surface area contributed by atoms with Crippen molar-refractivity contribution in [2.45, 2.75) is 23.9 Å². The van der Waals surface area contributed by atoms with Crippen molar-refractivity contribution in [1.82, 2.24) is 25.4 Å². The molecule has 0 aliphatic heterocycles. The van der Waals surface area contributed by atoms with Crippen molar-refractivity contribution in [3.63, 3.8) is 0 Å². The number of hydrogen-bond donors (Lipinski definition) is 2. The van der Waals surface area contributed by atoms with E-state index < -0.39 is 17.2 Å². The van der Waals surface area contributed by atoms with Gasteiger partial charge in [-0.3, -0.25) is 10.1 Å². The second kappa shape index (κ2) is 8.72. The molecule has 2 rings (SSSR count). The Kier molecular flexibility index (Phi) is 6.65. The van der Waals surface area contributed by atoms with Crippen LogP contribution in [0.4, 0.5) is 4.79 Å². The van der Waals surface area contributed by atoms with Crippen molar-refractivity contribution in [1.29, 1.82) is 0 Å². The Hall–Kier alpha value is -2.26. The summed E-state index contributed by atoms with van der Waals surface area (Å²) >= 11 is 7.24. The second-order valence-electron chi connectivity index (χ2n) is 5.01. The highest BCUT2D eigenvalue weighted by Gasteiger charge is 2.20. The predicted molar refractivity (Wildman–Crippen MR) is 94.7 cm³/mol. The van der Waals surface area contributed by atoms with E-state index in [1.807, 2.05) is 12.1 Å². The van der Waals surface area contributed by atoms with Crippen LogP contribution in [0.15, 0.2) is 29.4 Å². The molecule has 0 aliphatic carbocycles. The number of benzene rings is 1. The summed E-state index contributed by atoms with van der Waals surface area (Å²) in [5, 5.41) is 13.2. The van der Waals surface area contributed by atoms with Crippen LogP contribution in [0.2, 0.25) is 5.02 Å². The van der Waals surface area contributed by atoms with Gasteiger partial charge < -0.3 is 14.6 Å². The molecule has 134 valence electrons. The summed E-state index contributed by atoms with van der Waals surface area (Å²) in [5.41, 5.74) is 0. The average molecular weight is 384 g/mol. The highest BCUT2D eigenvalue weighted by molar-refractivity contribution is 8.00. The highest BCUT2D eigenvalue weighted by Crippen LogP contribution is 2.25. The van der Waals surface area contributed by atoms with Gasteiger partial charge in [0.05, 0.1) is 10.3 Å². The molecule has 1 aromatic heterocycles. The third kappa shape index (κ3) is 5.10. The normalized spacial score (nSPS) is 11.7. The molecule has 10 heteroatoms. The summed E-state index contributed by atoms with van der Waals surface area (Å²) in [6.07, 6.45) is 0. The first-order valence-corrected chi connectivity index (χ1v) is 8.63. The van der Waals surface area contributed by atoms with E-state index in [0.29, 0.717) is 21.8 Å². The van der Waals surface area contributed by atoms with Gasteiger partial charge in [0.1, 0.15) is 12.4 Å². The zero-order valence-corrected chi connectivity index (χ0v) is 15.5. The lowest BCUT2D eigenvalue weighted by Crippen LogP contribution is -2.41. The quantitative estimate of drug-likeness (QED) is 0.740. The van der Waals surface area contributed by atoms with Crippen LogP contribution in [0.25, 0.3) is 0 Å². The van der Waals surface area contributed by atoms with Gasteiger partial charge in [0.25, 0.3) is 0 Å². The molecule has 3 amide bonds. The van der Waals surface area contributed by atoms with Crippen molar-refractivity contribution in [2.24, 2.45) is 7.05 Å². The molecular weight excluding hydrogens is 366 g/mol. The number of urea groups is 1. The lowest BCUT2D eigenvalue weighted by Gasteiger charge is -2.11. The number of hydrogen-bond acceptors (Lipinski definition) is 6. The van der Waals surface area contributed by atoms with Crippen molar-refractivity contribution in [3.8, 4) is 5.75 Å². The molecular formula is C15H18ClN5O3S. The van der Waals surface area contributed by atoms with Crippen LogP contribution >= 0.6 is 23.4 Å². The number of carbonyl (C=O) groups is 2. The summed E-state index contributed by atoms with van der Waals surface area (Å²) < 4.78 is 7.37. The number of imide groups is 1. The Morgan fingerprint density at radius 1 is 1.36 bits per heavy atom. The van der Waals surface area contributed by atoms with Crippen LogP contribution in [0.1, 0.15) is 12.7 Å². The molecule has 1 aromatic carbocycles. The third-order valence-corrected chi connectivity index (χ3v) is 4.68. The maximum absolute atomic E-state index is 11.9. The van der Waals surface area contributed by atoms with Crippen LogP contribution in [0.3, 0.4) is 0 Å². The van der Waals surface area contributed by atoms with Gasteiger partial charge in [-0.2, -0.15) is 0 Å². The number of carbonyl (C=O) groups excluding carboxylic acids is 2. The number of para-hydroxylation sites is 1. The number of amides is 3. The third-order valence-electron chi connectivity index (χ3n) is 3.23. The average Bonchev–Trinajstić information content (AvgIpc) is 2.94. The Balaban J connectivity index is 1.97. The maximum atomic E-state index is 11.9. The molecule has 0 saturated carbocycles. The Bertz CT molecular complexity index is 767. The molecule has 0 fully saturated rings. The van der Waals surface area contributed by atoms with E-state index in [1.54, 1.807) is 30.7 Å². The number of halogens is 1. The van der Waals surface area contributed by atoms with Crippen LogP contribution in [0.5, 0.6) is 5.75 Å². The molecule has 0 bridgehead atoms. The van der Waals surface area contributed by atoms with Gasteiger partial charge in [0, 0.05) is 14.1 Å². The number of aromatic nitrogens is 3. The van der Waals surface area contributed by atoms with Crippen molar-refractivity contribution >= 4 is 35.3 Å². The van der Waals surface area contributed by atoms with Gasteiger partial charge in [0.15, 0.2) is 11.0 Å². The summed E-state index contributed by atoms with van der Waals surface area (Å²) in [6, 6.07) is 6.59. The van der Waals surface area contributed by atoms with E-state index in [0.717, 1.165) is 0 Å². The van der Waals surface area contributed by atoms with Crippen LogP contribution in [-0.4, -0.2) is 39.0 Å². The van der Waals surface area contributed by atoms with Crippen molar-refractivity contribution < 1.29 is 14.3 Å². The van der Waals surface area contributed by atoms with E-state index in [9.17, 15) is 9.59 Å². The first kappa shape index (κ1) is 19.1. The molecule has 2 aromatic rings. The smallest absolute Gasteiger partial charge is 0.321 e. The van der Waals surface area contributed by atoms with Crippen LogP contribution in [0, 0.1) is 0 Å². The van der Waals surface area contributed by atoms with E-state index in [4.69, 9.17) is 16.3 Å². The number of rotatable bonds is 6.